The fourth-order valence-electron chi connectivity index (χ4n) is 1.69. The predicted octanol–water partition coefficient (Wildman–Crippen LogP) is 4.78. The highest BCUT2D eigenvalue weighted by Gasteiger charge is 2.14. The number of hydrogen-bond donors (Lipinski definition) is 0. The molecule has 0 aliphatic rings. The maximum absolute atomic E-state index is 11.6. The van der Waals surface area contributed by atoms with E-state index < -0.39 is 0 Å². The normalized spacial score (nSPS) is 10.7. The van der Waals surface area contributed by atoms with Crippen molar-refractivity contribution in [3.63, 3.8) is 0 Å². The highest BCUT2D eigenvalue weighted by atomic mass is 32.1. The molecule has 102 valence electrons. The summed E-state index contributed by atoms with van der Waals surface area (Å²) >= 11 is 4.88. The van der Waals surface area contributed by atoms with Gasteiger partial charge in [-0.2, -0.15) is 0 Å². The third-order valence-electron chi connectivity index (χ3n) is 2.57. The van der Waals surface area contributed by atoms with Gasteiger partial charge in [-0.05, 0) is 30.5 Å². The van der Waals surface area contributed by atoms with E-state index in [-0.39, 0.29) is 5.97 Å². The van der Waals surface area contributed by atoms with Gasteiger partial charge in [0.1, 0.15) is 5.01 Å². The molecule has 0 radical (unpaired) electrons. The summed E-state index contributed by atoms with van der Waals surface area (Å²) in [4.78, 5) is 19.5. The topological polar surface area (TPSA) is 39.2 Å². The third kappa shape index (κ3) is 2.67. The van der Waals surface area contributed by atoms with Gasteiger partial charge >= 0.3 is 5.97 Å². The number of hydrogen-bond acceptors (Lipinski definition) is 6. The minimum Gasteiger partial charge on any atom is -0.461 e. The number of carbonyl (C=O) groups excluding carboxylic acids is 1. The van der Waals surface area contributed by atoms with Gasteiger partial charge in [0, 0.05) is 15.1 Å². The van der Waals surface area contributed by atoms with Crippen molar-refractivity contribution in [2.45, 2.75) is 6.92 Å². The summed E-state index contributed by atoms with van der Waals surface area (Å²) in [6.07, 6.45) is 0. The standard InChI is InChI=1S/C14H11NO2S3/c1-2-17-14(16)9-8-19-13(15-9)12-6-5-11(20-12)10-4-3-7-18-10/h3-8H,2H2,1H3. The van der Waals surface area contributed by atoms with Crippen molar-refractivity contribution in [1.29, 1.82) is 0 Å². The van der Waals surface area contributed by atoms with E-state index in [1.165, 1.54) is 21.1 Å². The molecule has 0 fully saturated rings. The van der Waals surface area contributed by atoms with E-state index in [1.54, 1.807) is 35.0 Å². The van der Waals surface area contributed by atoms with Crippen molar-refractivity contribution in [2.24, 2.45) is 0 Å². The molecule has 0 N–H and O–H groups in total. The van der Waals surface area contributed by atoms with Gasteiger partial charge in [0.15, 0.2) is 5.69 Å². The van der Waals surface area contributed by atoms with Crippen molar-refractivity contribution in [1.82, 2.24) is 4.98 Å². The third-order valence-corrected chi connectivity index (χ3v) is 5.73. The first-order valence-corrected chi connectivity index (χ1v) is 8.62. The molecule has 3 nitrogen and oxygen atoms in total. The molecule has 0 amide bonds. The Bertz CT molecular complexity index is 712. The number of thiazole rings is 1. The average molecular weight is 321 g/mol. The molecule has 0 spiro atoms. The van der Waals surface area contributed by atoms with Crippen LogP contribution in [0.2, 0.25) is 0 Å². The van der Waals surface area contributed by atoms with Crippen molar-refractivity contribution >= 4 is 40.0 Å². The van der Waals surface area contributed by atoms with E-state index in [1.807, 2.05) is 12.1 Å². The fraction of sp³-hybridized carbons (Fsp3) is 0.143. The summed E-state index contributed by atoms with van der Waals surface area (Å²) in [6.45, 7) is 2.16. The van der Waals surface area contributed by atoms with E-state index in [2.05, 4.69) is 22.5 Å². The number of nitrogens with zero attached hydrogens (tertiary/aromatic N) is 1. The number of ether oxygens (including phenoxy) is 1. The van der Waals surface area contributed by atoms with Crippen LogP contribution in [0.4, 0.5) is 0 Å². The second kappa shape index (κ2) is 5.87. The summed E-state index contributed by atoms with van der Waals surface area (Å²) in [7, 11) is 0. The minimum absolute atomic E-state index is 0.356. The van der Waals surface area contributed by atoms with Crippen LogP contribution in [0.15, 0.2) is 35.0 Å². The Kier molecular flexibility index (Phi) is 3.95. The van der Waals surface area contributed by atoms with Gasteiger partial charge in [0.05, 0.1) is 11.5 Å². The first-order chi connectivity index (χ1) is 9.78. The van der Waals surface area contributed by atoms with Crippen LogP contribution in [-0.2, 0) is 4.74 Å². The number of aromatic nitrogens is 1. The second-order valence-corrected chi connectivity index (χ2v) is 6.79. The van der Waals surface area contributed by atoms with Crippen LogP contribution in [0.3, 0.4) is 0 Å². The van der Waals surface area contributed by atoms with Crippen LogP contribution in [0.5, 0.6) is 0 Å². The molecule has 0 aliphatic heterocycles. The number of esters is 1. The Labute approximate surface area is 128 Å². The molecule has 20 heavy (non-hydrogen) atoms. The highest BCUT2D eigenvalue weighted by Crippen LogP contribution is 2.37. The first kappa shape index (κ1) is 13.5. The first-order valence-electron chi connectivity index (χ1n) is 6.04. The largest absolute Gasteiger partial charge is 0.461 e. The van der Waals surface area contributed by atoms with Gasteiger partial charge in [0.2, 0.25) is 0 Å². The van der Waals surface area contributed by atoms with Crippen molar-refractivity contribution < 1.29 is 9.53 Å². The molecular formula is C14H11NO2S3. The summed E-state index contributed by atoms with van der Waals surface area (Å²) in [5, 5.41) is 4.68. The van der Waals surface area contributed by atoms with Gasteiger partial charge < -0.3 is 4.74 Å². The molecule has 0 saturated heterocycles. The van der Waals surface area contributed by atoms with Crippen LogP contribution in [-0.4, -0.2) is 17.6 Å². The van der Waals surface area contributed by atoms with Gasteiger partial charge in [-0.25, -0.2) is 9.78 Å². The zero-order valence-corrected chi connectivity index (χ0v) is 13.1. The molecular weight excluding hydrogens is 310 g/mol. The lowest BCUT2D eigenvalue weighted by molar-refractivity contribution is 0.0520. The Morgan fingerprint density at radius 2 is 2.05 bits per heavy atom. The van der Waals surface area contributed by atoms with Crippen molar-refractivity contribution in [3.8, 4) is 19.6 Å². The monoisotopic (exact) mass is 321 g/mol. The number of thiophene rings is 2. The van der Waals surface area contributed by atoms with Crippen LogP contribution in [0.1, 0.15) is 17.4 Å². The molecule has 0 unspecified atom stereocenters. The lowest BCUT2D eigenvalue weighted by atomic mass is 10.4. The Morgan fingerprint density at radius 3 is 2.80 bits per heavy atom. The van der Waals surface area contributed by atoms with Crippen molar-refractivity contribution in [2.75, 3.05) is 6.61 Å². The van der Waals surface area contributed by atoms with Gasteiger partial charge in [-0.1, -0.05) is 6.07 Å². The molecule has 0 atom stereocenters. The second-order valence-electron chi connectivity index (χ2n) is 3.90. The Hall–Kier alpha value is -1.50. The van der Waals surface area contributed by atoms with E-state index in [0.29, 0.717) is 12.3 Å². The molecule has 0 aliphatic carbocycles. The Balaban J connectivity index is 1.85. The van der Waals surface area contributed by atoms with E-state index in [4.69, 9.17) is 4.74 Å². The van der Waals surface area contributed by atoms with E-state index in [9.17, 15) is 4.79 Å². The lowest BCUT2D eigenvalue weighted by Gasteiger charge is -1.95. The molecule has 3 aromatic heterocycles. The summed E-state index contributed by atoms with van der Waals surface area (Å²) in [5.74, 6) is -0.356. The summed E-state index contributed by atoms with van der Waals surface area (Å²) in [6, 6.07) is 8.29. The molecule has 3 aromatic rings. The molecule has 3 heterocycles. The maximum Gasteiger partial charge on any atom is 0.357 e. The van der Waals surface area contributed by atoms with Crippen LogP contribution >= 0.6 is 34.0 Å². The lowest BCUT2D eigenvalue weighted by Crippen LogP contribution is -2.04. The molecule has 3 rings (SSSR count). The zero-order chi connectivity index (χ0) is 13.9. The van der Waals surface area contributed by atoms with E-state index in [0.717, 1.165) is 9.88 Å². The SMILES string of the molecule is CCOC(=O)c1csc(-c2ccc(-c3cccs3)s2)n1. The van der Waals surface area contributed by atoms with Gasteiger partial charge in [0.25, 0.3) is 0 Å². The quantitative estimate of drug-likeness (QED) is 0.649. The average Bonchev–Trinajstić information content (AvgIpc) is 3.19. The highest BCUT2D eigenvalue weighted by molar-refractivity contribution is 7.25. The van der Waals surface area contributed by atoms with E-state index >= 15 is 0 Å². The van der Waals surface area contributed by atoms with Gasteiger partial charge in [-0.15, -0.1) is 34.0 Å². The maximum atomic E-state index is 11.6. The molecule has 0 saturated carbocycles. The summed E-state index contributed by atoms with van der Waals surface area (Å²) in [5.41, 5.74) is 0.387. The van der Waals surface area contributed by atoms with Crippen LogP contribution in [0, 0.1) is 0 Å². The smallest absolute Gasteiger partial charge is 0.357 e. The zero-order valence-electron chi connectivity index (χ0n) is 10.7. The number of carbonyl (C=O) groups is 1. The van der Waals surface area contributed by atoms with Crippen LogP contribution in [0.25, 0.3) is 19.6 Å². The minimum atomic E-state index is -0.356. The molecule has 0 aromatic carbocycles. The molecule has 0 bridgehead atoms. The summed E-state index contributed by atoms with van der Waals surface area (Å²) < 4.78 is 4.95. The van der Waals surface area contributed by atoms with Gasteiger partial charge in [-0.3, -0.25) is 0 Å². The number of rotatable bonds is 4. The Morgan fingerprint density at radius 1 is 1.20 bits per heavy atom. The van der Waals surface area contributed by atoms with Crippen LogP contribution < -0.4 is 0 Å². The van der Waals surface area contributed by atoms with Crippen molar-refractivity contribution in [3.05, 3.63) is 40.7 Å². The predicted molar refractivity (Wildman–Crippen MR) is 84.7 cm³/mol. The molecule has 6 heteroatoms. The fourth-order valence-corrected chi connectivity index (χ4v) is 4.39.